The molecule has 0 amide bonds. The number of hydrogen-bond acceptors (Lipinski definition) is 2. The minimum Gasteiger partial charge on any atom is -0.312 e. The fourth-order valence-corrected chi connectivity index (χ4v) is 2.95. The summed E-state index contributed by atoms with van der Waals surface area (Å²) in [4.78, 5) is 1.15. The van der Waals surface area contributed by atoms with Gasteiger partial charge in [0.05, 0.1) is 0 Å². The summed E-state index contributed by atoms with van der Waals surface area (Å²) in [5, 5.41) is 3.95. The van der Waals surface area contributed by atoms with Crippen molar-refractivity contribution in [2.45, 2.75) is 10.9 Å². The average molecular weight is 296 g/mol. The zero-order chi connectivity index (χ0) is 13.7. The van der Waals surface area contributed by atoms with Gasteiger partial charge in [-0.25, -0.2) is 4.39 Å². The maximum Gasteiger partial charge on any atom is 0.123 e. The van der Waals surface area contributed by atoms with E-state index in [1.807, 2.05) is 37.4 Å². The number of halogens is 2. The van der Waals surface area contributed by atoms with Gasteiger partial charge in [0.2, 0.25) is 0 Å². The Kier molecular flexibility index (Phi) is 5.25. The van der Waals surface area contributed by atoms with Crippen molar-refractivity contribution in [1.29, 1.82) is 0 Å². The van der Waals surface area contributed by atoms with Crippen molar-refractivity contribution in [3.8, 4) is 0 Å². The van der Waals surface area contributed by atoms with Crippen molar-refractivity contribution in [3.05, 3.63) is 64.9 Å². The molecule has 0 spiro atoms. The highest BCUT2D eigenvalue weighted by atomic mass is 35.5. The van der Waals surface area contributed by atoms with E-state index in [9.17, 15) is 4.39 Å². The van der Waals surface area contributed by atoms with Crippen molar-refractivity contribution in [2.75, 3.05) is 12.8 Å². The Balaban J connectivity index is 2.01. The van der Waals surface area contributed by atoms with Gasteiger partial charge in [-0.3, -0.25) is 0 Å². The SMILES string of the molecule is CNC(CSc1ccc(Cl)cc1)c1cccc(F)c1. The molecule has 1 unspecified atom stereocenters. The van der Waals surface area contributed by atoms with Crippen LogP contribution in [0.3, 0.4) is 0 Å². The molecule has 0 radical (unpaired) electrons. The Hall–Kier alpha value is -1.03. The first-order valence-electron chi connectivity index (χ1n) is 6.00. The number of benzene rings is 2. The second kappa shape index (κ2) is 6.94. The quantitative estimate of drug-likeness (QED) is 0.813. The predicted octanol–water partition coefficient (Wildman–Crippen LogP) is 4.53. The predicted molar refractivity (Wildman–Crippen MR) is 80.4 cm³/mol. The van der Waals surface area contributed by atoms with Crippen LogP contribution in [0.4, 0.5) is 4.39 Å². The highest BCUT2D eigenvalue weighted by molar-refractivity contribution is 7.99. The van der Waals surface area contributed by atoms with E-state index in [1.165, 1.54) is 6.07 Å². The minimum atomic E-state index is -0.200. The maximum atomic E-state index is 13.2. The molecule has 0 aromatic heterocycles. The molecule has 0 saturated carbocycles. The first kappa shape index (κ1) is 14.4. The van der Waals surface area contributed by atoms with Gasteiger partial charge in [-0.1, -0.05) is 23.7 Å². The van der Waals surface area contributed by atoms with Crippen LogP contribution in [0.5, 0.6) is 0 Å². The zero-order valence-corrected chi connectivity index (χ0v) is 12.1. The lowest BCUT2D eigenvalue weighted by Crippen LogP contribution is -2.18. The summed E-state index contributed by atoms with van der Waals surface area (Å²) < 4.78 is 13.2. The monoisotopic (exact) mass is 295 g/mol. The summed E-state index contributed by atoms with van der Waals surface area (Å²) in [5.74, 6) is 0.635. The lowest BCUT2D eigenvalue weighted by Gasteiger charge is -2.16. The lowest BCUT2D eigenvalue weighted by atomic mass is 10.1. The van der Waals surface area contributed by atoms with Gasteiger partial charge >= 0.3 is 0 Å². The summed E-state index contributed by atoms with van der Waals surface area (Å²) in [5.41, 5.74) is 0.962. The Morgan fingerprint density at radius 3 is 2.58 bits per heavy atom. The van der Waals surface area contributed by atoms with E-state index in [2.05, 4.69) is 5.32 Å². The van der Waals surface area contributed by atoms with Gasteiger partial charge < -0.3 is 5.32 Å². The van der Waals surface area contributed by atoms with Crippen LogP contribution in [-0.2, 0) is 0 Å². The third-order valence-electron chi connectivity index (χ3n) is 2.83. The topological polar surface area (TPSA) is 12.0 Å². The fraction of sp³-hybridized carbons (Fsp3) is 0.200. The van der Waals surface area contributed by atoms with Crippen LogP contribution in [0.15, 0.2) is 53.4 Å². The standard InChI is InChI=1S/C15H15ClFNS/c1-18-15(11-3-2-4-13(17)9-11)10-19-14-7-5-12(16)6-8-14/h2-9,15,18H,10H2,1H3. The van der Waals surface area contributed by atoms with Crippen LogP contribution in [0.1, 0.15) is 11.6 Å². The van der Waals surface area contributed by atoms with Crippen molar-refractivity contribution >= 4 is 23.4 Å². The third-order valence-corrected chi connectivity index (χ3v) is 4.19. The van der Waals surface area contributed by atoms with Gasteiger partial charge in [0.15, 0.2) is 0 Å². The molecule has 1 nitrogen and oxygen atoms in total. The molecular weight excluding hydrogens is 281 g/mol. The molecule has 0 heterocycles. The van der Waals surface area contributed by atoms with E-state index in [0.717, 1.165) is 21.2 Å². The van der Waals surface area contributed by atoms with Crippen molar-refractivity contribution in [2.24, 2.45) is 0 Å². The normalized spacial score (nSPS) is 12.4. The minimum absolute atomic E-state index is 0.122. The summed E-state index contributed by atoms with van der Waals surface area (Å²) in [6.45, 7) is 0. The first-order valence-corrected chi connectivity index (χ1v) is 7.36. The summed E-state index contributed by atoms with van der Waals surface area (Å²) >= 11 is 7.57. The molecule has 100 valence electrons. The number of thioether (sulfide) groups is 1. The van der Waals surface area contributed by atoms with Crippen LogP contribution in [0, 0.1) is 5.82 Å². The van der Waals surface area contributed by atoms with Gasteiger partial charge in [-0.05, 0) is 49.0 Å². The van der Waals surface area contributed by atoms with E-state index in [0.29, 0.717) is 0 Å². The average Bonchev–Trinajstić information content (AvgIpc) is 2.42. The maximum absolute atomic E-state index is 13.2. The van der Waals surface area contributed by atoms with Crippen LogP contribution in [0.2, 0.25) is 5.02 Å². The van der Waals surface area contributed by atoms with Crippen LogP contribution >= 0.6 is 23.4 Å². The van der Waals surface area contributed by atoms with Gasteiger partial charge in [-0.15, -0.1) is 11.8 Å². The summed E-state index contributed by atoms with van der Waals surface area (Å²) in [6, 6.07) is 14.6. The Bertz CT molecular complexity index is 530. The van der Waals surface area contributed by atoms with Gasteiger partial charge in [0, 0.05) is 21.7 Å². The fourth-order valence-electron chi connectivity index (χ4n) is 1.78. The smallest absolute Gasteiger partial charge is 0.123 e. The second-order valence-corrected chi connectivity index (χ2v) is 5.69. The molecular formula is C15H15ClFNS. The zero-order valence-electron chi connectivity index (χ0n) is 10.6. The van der Waals surface area contributed by atoms with Crippen LogP contribution in [0.25, 0.3) is 0 Å². The molecule has 0 fully saturated rings. The van der Waals surface area contributed by atoms with E-state index < -0.39 is 0 Å². The van der Waals surface area contributed by atoms with Crippen molar-refractivity contribution < 1.29 is 4.39 Å². The summed E-state index contributed by atoms with van der Waals surface area (Å²) in [7, 11) is 1.89. The Morgan fingerprint density at radius 2 is 1.95 bits per heavy atom. The van der Waals surface area contributed by atoms with E-state index in [-0.39, 0.29) is 11.9 Å². The van der Waals surface area contributed by atoms with E-state index in [1.54, 1.807) is 23.9 Å². The van der Waals surface area contributed by atoms with Gasteiger partial charge in [-0.2, -0.15) is 0 Å². The molecule has 19 heavy (non-hydrogen) atoms. The Labute approximate surface area is 122 Å². The molecule has 1 N–H and O–H groups in total. The first-order chi connectivity index (χ1) is 9.19. The molecule has 2 rings (SSSR count). The molecule has 0 aliphatic heterocycles. The summed E-state index contributed by atoms with van der Waals surface area (Å²) in [6.07, 6.45) is 0. The molecule has 0 saturated heterocycles. The molecule has 0 bridgehead atoms. The van der Waals surface area contributed by atoms with Crippen molar-refractivity contribution in [1.82, 2.24) is 5.32 Å². The van der Waals surface area contributed by atoms with Crippen LogP contribution < -0.4 is 5.32 Å². The molecule has 2 aromatic rings. The number of rotatable bonds is 5. The third kappa shape index (κ3) is 4.23. The number of hydrogen-bond donors (Lipinski definition) is 1. The van der Waals surface area contributed by atoms with Crippen LogP contribution in [-0.4, -0.2) is 12.8 Å². The number of nitrogens with one attached hydrogen (secondary N) is 1. The molecule has 0 aliphatic rings. The molecule has 0 aliphatic carbocycles. The second-order valence-electron chi connectivity index (χ2n) is 4.16. The van der Waals surface area contributed by atoms with Crippen molar-refractivity contribution in [3.63, 3.8) is 0 Å². The highest BCUT2D eigenvalue weighted by Gasteiger charge is 2.10. The van der Waals surface area contributed by atoms with E-state index in [4.69, 9.17) is 11.6 Å². The van der Waals surface area contributed by atoms with Gasteiger partial charge in [0.1, 0.15) is 5.82 Å². The highest BCUT2D eigenvalue weighted by Crippen LogP contribution is 2.26. The van der Waals surface area contributed by atoms with E-state index >= 15 is 0 Å². The lowest BCUT2D eigenvalue weighted by molar-refractivity contribution is 0.611. The molecule has 4 heteroatoms. The Morgan fingerprint density at radius 1 is 1.21 bits per heavy atom. The van der Waals surface area contributed by atoms with Gasteiger partial charge in [0.25, 0.3) is 0 Å². The molecule has 1 atom stereocenters. The largest absolute Gasteiger partial charge is 0.312 e. The molecule has 2 aromatic carbocycles.